The van der Waals surface area contributed by atoms with Crippen molar-refractivity contribution in [3.05, 3.63) is 34.5 Å². The standard InChI is InChI=1S/C16H22N4O3/c1-10-11(7-14(23-10)16(2,3)4)15(22)19-5-6-20-13(8-19)12(9-21)17-18-20/h7,21H,5-6,8-9H2,1-4H3. The van der Waals surface area contributed by atoms with Crippen molar-refractivity contribution in [1.29, 1.82) is 0 Å². The molecule has 2 aromatic heterocycles. The lowest BCUT2D eigenvalue weighted by molar-refractivity contribution is 0.0702. The smallest absolute Gasteiger partial charge is 0.257 e. The van der Waals surface area contributed by atoms with E-state index >= 15 is 0 Å². The summed E-state index contributed by atoms with van der Waals surface area (Å²) in [7, 11) is 0. The first-order valence-corrected chi connectivity index (χ1v) is 7.73. The number of hydrogen-bond acceptors (Lipinski definition) is 5. The SMILES string of the molecule is Cc1oc(C(C)(C)C)cc1C(=O)N1CCn2nnc(CO)c2C1. The monoisotopic (exact) mass is 318 g/mol. The predicted octanol–water partition coefficient (Wildman–Crippen LogP) is 1.63. The molecule has 3 heterocycles. The third-order valence-electron chi connectivity index (χ3n) is 4.16. The van der Waals surface area contributed by atoms with Gasteiger partial charge in [0.05, 0.1) is 31.0 Å². The van der Waals surface area contributed by atoms with E-state index in [-0.39, 0.29) is 17.9 Å². The van der Waals surface area contributed by atoms with Crippen LogP contribution in [0.3, 0.4) is 0 Å². The summed E-state index contributed by atoms with van der Waals surface area (Å²) in [4.78, 5) is 14.6. The van der Waals surface area contributed by atoms with Crippen molar-refractivity contribution in [3.63, 3.8) is 0 Å². The number of hydrogen-bond donors (Lipinski definition) is 1. The fraction of sp³-hybridized carbons (Fsp3) is 0.562. The van der Waals surface area contributed by atoms with Crippen LogP contribution in [0.2, 0.25) is 0 Å². The van der Waals surface area contributed by atoms with Gasteiger partial charge in [0.1, 0.15) is 17.2 Å². The molecule has 0 radical (unpaired) electrons. The molecule has 0 saturated carbocycles. The Kier molecular flexibility index (Phi) is 3.75. The Morgan fingerprint density at radius 3 is 2.74 bits per heavy atom. The second-order valence-electron chi connectivity index (χ2n) is 6.92. The summed E-state index contributed by atoms with van der Waals surface area (Å²) in [5.74, 6) is 1.38. The predicted molar refractivity (Wildman–Crippen MR) is 82.8 cm³/mol. The van der Waals surface area contributed by atoms with Crippen molar-refractivity contribution in [2.24, 2.45) is 0 Å². The molecule has 0 spiro atoms. The van der Waals surface area contributed by atoms with Gasteiger partial charge in [0.2, 0.25) is 0 Å². The minimum atomic E-state index is -0.170. The van der Waals surface area contributed by atoms with E-state index in [2.05, 4.69) is 31.1 Å². The van der Waals surface area contributed by atoms with Crippen molar-refractivity contribution < 1.29 is 14.3 Å². The highest BCUT2D eigenvalue weighted by atomic mass is 16.3. The minimum Gasteiger partial charge on any atom is -0.465 e. The highest BCUT2D eigenvalue weighted by Gasteiger charge is 2.29. The quantitative estimate of drug-likeness (QED) is 0.909. The molecule has 1 amide bonds. The van der Waals surface area contributed by atoms with Crippen LogP contribution < -0.4 is 0 Å². The first-order valence-electron chi connectivity index (χ1n) is 7.73. The zero-order chi connectivity index (χ0) is 16.8. The molecule has 0 atom stereocenters. The molecule has 0 saturated heterocycles. The second kappa shape index (κ2) is 5.49. The Morgan fingerprint density at radius 2 is 2.13 bits per heavy atom. The summed E-state index contributed by atoms with van der Waals surface area (Å²) in [5, 5.41) is 17.3. The van der Waals surface area contributed by atoms with Gasteiger partial charge in [-0.15, -0.1) is 5.10 Å². The zero-order valence-electron chi connectivity index (χ0n) is 14.0. The van der Waals surface area contributed by atoms with Crippen LogP contribution in [0.1, 0.15) is 54.0 Å². The van der Waals surface area contributed by atoms with Gasteiger partial charge in [-0.1, -0.05) is 26.0 Å². The van der Waals surface area contributed by atoms with E-state index in [4.69, 9.17) is 4.42 Å². The Bertz CT molecular complexity index is 726. The second-order valence-corrected chi connectivity index (χ2v) is 6.92. The number of aryl methyl sites for hydroxylation is 1. The third-order valence-corrected chi connectivity index (χ3v) is 4.16. The highest BCUT2D eigenvalue weighted by molar-refractivity contribution is 5.95. The fourth-order valence-electron chi connectivity index (χ4n) is 2.73. The van der Waals surface area contributed by atoms with E-state index in [1.807, 2.05) is 13.0 Å². The lowest BCUT2D eigenvalue weighted by Crippen LogP contribution is -2.38. The van der Waals surface area contributed by atoms with Gasteiger partial charge in [-0.3, -0.25) is 4.79 Å². The number of aromatic nitrogens is 3. The molecular weight excluding hydrogens is 296 g/mol. The lowest BCUT2D eigenvalue weighted by Gasteiger charge is -2.27. The van der Waals surface area contributed by atoms with E-state index < -0.39 is 0 Å². The van der Waals surface area contributed by atoms with Crippen LogP contribution in [-0.2, 0) is 25.1 Å². The number of amides is 1. The maximum Gasteiger partial charge on any atom is 0.257 e. The summed E-state index contributed by atoms with van der Waals surface area (Å²) in [6, 6.07) is 1.84. The van der Waals surface area contributed by atoms with Crippen molar-refractivity contribution in [2.75, 3.05) is 6.54 Å². The number of carbonyl (C=O) groups excluding carboxylic acids is 1. The summed E-state index contributed by atoms with van der Waals surface area (Å²) < 4.78 is 7.52. The van der Waals surface area contributed by atoms with Crippen LogP contribution >= 0.6 is 0 Å². The molecule has 3 rings (SSSR count). The molecule has 0 bridgehead atoms. The van der Waals surface area contributed by atoms with E-state index in [0.29, 0.717) is 36.7 Å². The summed E-state index contributed by atoms with van der Waals surface area (Å²) in [6.45, 7) is 9.35. The topological polar surface area (TPSA) is 84.4 Å². The van der Waals surface area contributed by atoms with E-state index in [1.54, 1.807) is 9.58 Å². The first-order chi connectivity index (χ1) is 10.8. The molecule has 7 heteroatoms. The van der Waals surface area contributed by atoms with Gasteiger partial charge in [-0.2, -0.15) is 0 Å². The normalized spacial score (nSPS) is 14.9. The molecule has 0 aromatic carbocycles. The van der Waals surface area contributed by atoms with Crippen molar-refractivity contribution in [3.8, 4) is 0 Å². The molecule has 124 valence electrons. The van der Waals surface area contributed by atoms with Gasteiger partial charge < -0.3 is 14.4 Å². The fourth-order valence-corrected chi connectivity index (χ4v) is 2.73. The Balaban J connectivity index is 1.86. The first kappa shape index (κ1) is 15.7. The van der Waals surface area contributed by atoms with Crippen LogP contribution in [0.25, 0.3) is 0 Å². The molecule has 23 heavy (non-hydrogen) atoms. The number of fused-ring (bicyclic) bond motifs is 1. The van der Waals surface area contributed by atoms with Crippen molar-refractivity contribution in [1.82, 2.24) is 19.9 Å². The van der Waals surface area contributed by atoms with E-state index in [9.17, 15) is 9.90 Å². The zero-order valence-corrected chi connectivity index (χ0v) is 14.0. The van der Waals surface area contributed by atoms with Crippen LogP contribution in [0.5, 0.6) is 0 Å². The highest BCUT2D eigenvalue weighted by Crippen LogP contribution is 2.28. The molecule has 2 aromatic rings. The molecule has 0 fully saturated rings. The lowest BCUT2D eigenvalue weighted by atomic mass is 9.93. The summed E-state index contributed by atoms with van der Waals surface area (Å²) >= 11 is 0. The van der Waals surface area contributed by atoms with Gasteiger partial charge in [0, 0.05) is 12.0 Å². The van der Waals surface area contributed by atoms with Crippen LogP contribution in [0, 0.1) is 6.92 Å². The number of rotatable bonds is 2. The number of aliphatic hydroxyl groups is 1. The molecule has 1 aliphatic heterocycles. The molecule has 0 aliphatic carbocycles. The summed E-state index contributed by atoms with van der Waals surface area (Å²) in [6.07, 6.45) is 0. The molecule has 1 N–H and O–H groups in total. The van der Waals surface area contributed by atoms with Gasteiger partial charge in [0.25, 0.3) is 5.91 Å². The average molecular weight is 318 g/mol. The van der Waals surface area contributed by atoms with Gasteiger partial charge in [-0.05, 0) is 13.0 Å². The summed E-state index contributed by atoms with van der Waals surface area (Å²) in [5.41, 5.74) is 1.78. The van der Waals surface area contributed by atoms with Gasteiger partial charge in [-0.25, -0.2) is 4.68 Å². The maximum absolute atomic E-state index is 12.8. The molecule has 1 aliphatic rings. The Hall–Kier alpha value is -2.15. The minimum absolute atomic E-state index is 0.0573. The van der Waals surface area contributed by atoms with Crippen LogP contribution in [0.4, 0.5) is 0 Å². The van der Waals surface area contributed by atoms with E-state index in [1.165, 1.54) is 0 Å². The van der Waals surface area contributed by atoms with Crippen molar-refractivity contribution >= 4 is 5.91 Å². The number of aliphatic hydroxyl groups excluding tert-OH is 1. The maximum atomic E-state index is 12.8. The number of carbonyl (C=O) groups is 1. The number of furan rings is 1. The molecule has 0 unspecified atom stereocenters. The Morgan fingerprint density at radius 1 is 1.39 bits per heavy atom. The molecule has 7 nitrogen and oxygen atoms in total. The van der Waals surface area contributed by atoms with Gasteiger partial charge in [0.15, 0.2) is 0 Å². The largest absolute Gasteiger partial charge is 0.465 e. The van der Waals surface area contributed by atoms with Crippen LogP contribution in [0.15, 0.2) is 10.5 Å². The molecular formula is C16H22N4O3. The number of nitrogens with zero attached hydrogens (tertiary/aromatic N) is 4. The average Bonchev–Trinajstić information content (AvgIpc) is 3.08. The van der Waals surface area contributed by atoms with Crippen molar-refractivity contribution in [2.45, 2.75) is 52.8 Å². The van der Waals surface area contributed by atoms with Gasteiger partial charge >= 0.3 is 0 Å². The van der Waals surface area contributed by atoms with E-state index in [0.717, 1.165) is 11.5 Å². The van der Waals surface area contributed by atoms with Crippen LogP contribution in [-0.4, -0.2) is 37.5 Å². The third kappa shape index (κ3) is 2.76. The Labute approximate surface area is 134 Å².